The van der Waals surface area contributed by atoms with Crippen LogP contribution in [-0.4, -0.2) is 26.5 Å². The van der Waals surface area contributed by atoms with E-state index in [1.807, 2.05) is 32.0 Å². The van der Waals surface area contributed by atoms with E-state index in [9.17, 15) is 18.5 Å². The molecule has 0 atom stereocenters. The first kappa shape index (κ1) is 18.9. The van der Waals surface area contributed by atoms with E-state index >= 15 is 0 Å². The largest absolute Gasteiger partial charge is 0.492 e. The zero-order chi connectivity index (χ0) is 18.6. The molecule has 0 bridgehead atoms. The van der Waals surface area contributed by atoms with Crippen molar-refractivity contribution in [2.45, 2.75) is 25.7 Å². The Hall–Kier alpha value is -2.45. The van der Waals surface area contributed by atoms with Gasteiger partial charge in [-0.15, -0.1) is 0 Å². The van der Waals surface area contributed by atoms with Crippen molar-refractivity contribution in [1.29, 1.82) is 0 Å². The van der Waals surface area contributed by atoms with Gasteiger partial charge in [0.05, 0.1) is 9.82 Å². The number of nitro groups is 1. The van der Waals surface area contributed by atoms with Gasteiger partial charge < -0.3 is 4.74 Å². The standard InChI is InChI=1S/C17H20N2O5S/c1-12-4-7-17(14(3)10-12)24-9-8-18-25(22,23)15-6-5-13(2)16(11-15)19(20)21/h4-7,10-11,18H,8-9H2,1-3H3. The van der Waals surface area contributed by atoms with Crippen LogP contribution in [-0.2, 0) is 10.0 Å². The van der Waals surface area contributed by atoms with Crippen molar-refractivity contribution in [3.63, 3.8) is 0 Å². The summed E-state index contributed by atoms with van der Waals surface area (Å²) in [7, 11) is -3.84. The Kier molecular flexibility index (Phi) is 5.76. The van der Waals surface area contributed by atoms with Crippen LogP contribution in [0.4, 0.5) is 5.69 Å². The number of benzene rings is 2. The summed E-state index contributed by atoms with van der Waals surface area (Å²) in [5, 5.41) is 10.9. The molecule has 0 saturated carbocycles. The van der Waals surface area contributed by atoms with Crippen molar-refractivity contribution in [1.82, 2.24) is 4.72 Å². The monoisotopic (exact) mass is 364 g/mol. The molecule has 134 valence electrons. The number of ether oxygens (including phenoxy) is 1. The molecule has 0 aliphatic heterocycles. The van der Waals surface area contributed by atoms with E-state index in [0.29, 0.717) is 11.3 Å². The number of sulfonamides is 1. The van der Waals surface area contributed by atoms with Gasteiger partial charge in [0.25, 0.3) is 5.69 Å². The fourth-order valence-electron chi connectivity index (χ4n) is 2.33. The van der Waals surface area contributed by atoms with Crippen molar-refractivity contribution < 1.29 is 18.1 Å². The van der Waals surface area contributed by atoms with Gasteiger partial charge in [-0.1, -0.05) is 23.8 Å². The smallest absolute Gasteiger partial charge is 0.273 e. The Bertz CT molecular complexity index is 894. The first-order valence-electron chi connectivity index (χ1n) is 7.65. The quantitative estimate of drug-likeness (QED) is 0.463. The summed E-state index contributed by atoms with van der Waals surface area (Å²) in [6, 6.07) is 9.54. The van der Waals surface area contributed by atoms with Crippen LogP contribution in [0.1, 0.15) is 16.7 Å². The van der Waals surface area contributed by atoms with E-state index in [-0.39, 0.29) is 23.7 Å². The van der Waals surface area contributed by atoms with Crippen LogP contribution < -0.4 is 9.46 Å². The molecule has 0 spiro atoms. The maximum Gasteiger partial charge on any atom is 0.273 e. The molecule has 0 aliphatic carbocycles. The molecular weight excluding hydrogens is 344 g/mol. The first-order chi connectivity index (χ1) is 11.7. The maximum atomic E-state index is 12.3. The van der Waals surface area contributed by atoms with Gasteiger partial charge in [-0.05, 0) is 38.5 Å². The third-order valence-electron chi connectivity index (χ3n) is 3.67. The highest BCUT2D eigenvalue weighted by Crippen LogP contribution is 2.22. The minimum atomic E-state index is -3.84. The van der Waals surface area contributed by atoms with Gasteiger partial charge in [0.15, 0.2) is 0 Å². The summed E-state index contributed by atoms with van der Waals surface area (Å²) in [6.45, 7) is 5.65. The minimum absolute atomic E-state index is 0.0529. The number of rotatable bonds is 7. The molecule has 2 rings (SSSR count). The molecule has 1 N–H and O–H groups in total. The van der Waals surface area contributed by atoms with Gasteiger partial charge >= 0.3 is 0 Å². The van der Waals surface area contributed by atoms with Crippen molar-refractivity contribution >= 4 is 15.7 Å². The molecule has 0 aliphatic rings. The third-order valence-corrected chi connectivity index (χ3v) is 5.13. The molecular formula is C17H20N2O5S. The number of nitro benzene ring substituents is 1. The Balaban J connectivity index is 2.00. The summed E-state index contributed by atoms with van der Waals surface area (Å²) in [5.74, 6) is 0.691. The van der Waals surface area contributed by atoms with E-state index in [1.165, 1.54) is 12.1 Å². The van der Waals surface area contributed by atoms with E-state index < -0.39 is 14.9 Å². The SMILES string of the molecule is Cc1ccc(OCCNS(=O)(=O)c2ccc(C)c([N+](=O)[O-])c2)c(C)c1. The second-order valence-electron chi connectivity index (χ2n) is 5.72. The van der Waals surface area contributed by atoms with Gasteiger partial charge in [-0.2, -0.15) is 0 Å². The Morgan fingerprint density at radius 3 is 2.44 bits per heavy atom. The average molecular weight is 364 g/mol. The highest BCUT2D eigenvalue weighted by atomic mass is 32.2. The first-order valence-corrected chi connectivity index (χ1v) is 9.14. The summed E-state index contributed by atoms with van der Waals surface area (Å²) in [6.07, 6.45) is 0. The molecule has 25 heavy (non-hydrogen) atoms. The Labute approximate surface area is 146 Å². The Morgan fingerprint density at radius 2 is 1.80 bits per heavy atom. The van der Waals surface area contributed by atoms with Gasteiger partial charge in [-0.25, -0.2) is 13.1 Å². The van der Waals surface area contributed by atoms with Crippen LogP contribution in [0, 0.1) is 30.9 Å². The number of hydrogen-bond donors (Lipinski definition) is 1. The fourth-order valence-corrected chi connectivity index (χ4v) is 3.37. The molecule has 2 aromatic rings. The summed E-state index contributed by atoms with van der Waals surface area (Å²) < 4.78 is 32.5. The number of nitrogens with one attached hydrogen (secondary N) is 1. The van der Waals surface area contributed by atoms with Crippen LogP contribution in [0.15, 0.2) is 41.3 Å². The number of aryl methyl sites for hydroxylation is 3. The second kappa shape index (κ2) is 7.62. The van der Waals surface area contributed by atoms with Crippen molar-refractivity contribution in [2.75, 3.05) is 13.2 Å². The lowest BCUT2D eigenvalue weighted by atomic mass is 10.1. The van der Waals surface area contributed by atoms with E-state index in [2.05, 4.69) is 4.72 Å². The van der Waals surface area contributed by atoms with Crippen LogP contribution in [0.5, 0.6) is 5.75 Å². The van der Waals surface area contributed by atoms with E-state index in [4.69, 9.17) is 4.74 Å². The number of hydrogen-bond acceptors (Lipinski definition) is 5. The zero-order valence-electron chi connectivity index (χ0n) is 14.3. The fraction of sp³-hybridized carbons (Fsp3) is 0.294. The lowest BCUT2D eigenvalue weighted by Gasteiger charge is -2.11. The van der Waals surface area contributed by atoms with Crippen LogP contribution in [0.25, 0.3) is 0 Å². The molecule has 0 saturated heterocycles. The summed E-state index contributed by atoms with van der Waals surface area (Å²) in [4.78, 5) is 10.2. The average Bonchev–Trinajstić information content (AvgIpc) is 2.53. The molecule has 7 nitrogen and oxygen atoms in total. The van der Waals surface area contributed by atoms with Gasteiger partial charge in [0.2, 0.25) is 10.0 Å². The highest BCUT2D eigenvalue weighted by Gasteiger charge is 2.19. The predicted octanol–water partition coefficient (Wildman–Crippen LogP) is 2.88. The van der Waals surface area contributed by atoms with Gasteiger partial charge in [0.1, 0.15) is 12.4 Å². The topological polar surface area (TPSA) is 98.5 Å². The summed E-state index contributed by atoms with van der Waals surface area (Å²) in [5.41, 5.74) is 2.26. The molecule has 0 heterocycles. The zero-order valence-corrected chi connectivity index (χ0v) is 15.1. The van der Waals surface area contributed by atoms with E-state index in [0.717, 1.165) is 17.2 Å². The summed E-state index contributed by atoms with van der Waals surface area (Å²) >= 11 is 0. The minimum Gasteiger partial charge on any atom is -0.492 e. The lowest BCUT2D eigenvalue weighted by molar-refractivity contribution is -0.385. The molecule has 0 radical (unpaired) electrons. The van der Waals surface area contributed by atoms with Crippen LogP contribution in [0.3, 0.4) is 0 Å². The van der Waals surface area contributed by atoms with Crippen molar-refractivity contribution in [3.05, 3.63) is 63.2 Å². The normalized spacial score (nSPS) is 11.3. The van der Waals surface area contributed by atoms with Crippen molar-refractivity contribution in [2.24, 2.45) is 0 Å². The van der Waals surface area contributed by atoms with Gasteiger partial charge in [0, 0.05) is 18.2 Å². The molecule has 0 fully saturated rings. The lowest BCUT2D eigenvalue weighted by Crippen LogP contribution is -2.28. The molecule has 0 unspecified atom stereocenters. The molecule has 0 amide bonds. The predicted molar refractivity (Wildman–Crippen MR) is 94.4 cm³/mol. The maximum absolute atomic E-state index is 12.3. The van der Waals surface area contributed by atoms with Crippen LogP contribution in [0.2, 0.25) is 0 Å². The molecule has 0 aromatic heterocycles. The van der Waals surface area contributed by atoms with Crippen LogP contribution >= 0.6 is 0 Å². The molecule has 2 aromatic carbocycles. The number of nitrogens with zero attached hydrogens (tertiary/aromatic N) is 1. The highest BCUT2D eigenvalue weighted by molar-refractivity contribution is 7.89. The second-order valence-corrected chi connectivity index (χ2v) is 7.49. The van der Waals surface area contributed by atoms with Crippen molar-refractivity contribution in [3.8, 4) is 5.75 Å². The third kappa shape index (κ3) is 4.77. The molecule has 8 heteroatoms. The van der Waals surface area contributed by atoms with E-state index in [1.54, 1.807) is 6.92 Å². The Morgan fingerprint density at radius 1 is 1.08 bits per heavy atom. The van der Waals surface area contributed by atoms with Gasteiger partial charge in [-0.3, -0.25) is 10.1 Å².